The second-order valence-electron chi connectivity index (χ2n) is 7.41. The lowest BCUT2D eigenvalue weighted by molar-refractivity contribution is -0.142. The van der Waals surface area contributed by atoms with Crippen molar-refractivity contribution in [2.45, 2.75) is 19.0 Å². The van der Waals surface area contributed by atoms with Crippen molar-refractivity contribution in [2.75, 3.05) is 20.8 Å². The quantitative estimate of drug-likeness (QED) is 0.443. The first-order chi connectivity index (χ1) is 16.0. The van der Waals surface area contributed by atoms with Gasteiger partial charge in [0.15, 0.2) is 18.1 Å². The second kappa shape index (κ2) is 12.1. The van der Waals surface area contributed by atoms with Gasteiger partial charge in [0.05, 0.1) is 7.11 Å². The first kappa shape index (κ1) is 24.3. The van der Waals surface area contributed by atoms with Crippen LogP contribution in [0.4, 0.5) is 0 Å². The summed E-state index contributed by atoms with van der Waals surface area (Å²) in [7, 11) is 3.12. The summed E-state index contributed by atoms with van der Waals surface area (Å²) in [6, 6.07) is 23.8. The molecule has 3 aromatic carbocycles. The van der Waals surface area contributed by atoms with E-state index in [0.29, 0.717) is 17.9 Å². The summed E-state index contributed by atoms with van der Waals surface area (Å²) in [4.78, 5) is 27.9. The molecule has 6 nitrogen and oxygen atoms in total. The molecule has 1 atom stereocenters. The van der Waals surface area contributed by atoms with E-state index in [1.807, 2.05) is 66.7 Å². The van der Waals surface area contributed by atoms with Gasteiger partial charge in [-0.25, -0.2) is 0 Å². The predicted molar refractivity (Wildman–Crippen MR) is 131 cm³/mol. The Labute approximate surface area is 202 Å². The number of para-hydroxylation sites is 2. The lowest BCUT2D eigenvalue weighted by Crippen LogP contribution is -2.51. The first-order valence-electron chi connectivity index (χ1n) is 10.6. The molecule has 0 aliphatic rings. The lowest BCUT2D eigenvalue weighted by atomic mass is 10.0. The van der Waals surface area contributed by atoms with Gasteiger partial charge < -0.3 is 19.7 Å². The number of likely N-dealkylation sites (N-methyl/N-ethyl adjacent to an activating group) is 1. The lowest BCUT2D eigenvalue weighted by Gasteiger charge is -2.31. The van der Waals surface area contributed by atoms with Crippen LogP contribution in [0.2, 0.25) is 0 Å². The van der Waals surface area contributed by atoms with Crippen LogP contribution in [0.3, 0.4) is 0 Å². The summed E-state index contributed by atoms with van der Waals surface area (Å²) in [6.07, 6.45) is 0.384. The summed E-state index contributed by atoms with van der Waals surface area (Å²) >= 11 is 3.48. The summed E-state index contributed by atoms with van der Waals surface area (Å²) in [5.74, 6) is 0.469. The third kappa shape index (κ3) is 6.83. The van der Waals surface area contributed by atoms with Gasteiger partial charge in [-0.2, -0.15) is 0 Å². The van der Waals surface area contributed by atoms with Crippen molar-refractivity contribution < 1.29 is 19.1 Å². The zero-order valence-electron chi connectivity index (χ0n) is 18.7. The van der Waals surface area contributed by atoms with Crippen LogP contribution >= 0.6 is 15.9 Å². The maximum Gasteiger partial charge on any atom is 0.261 e. The summed E-state index contributed by atoms with van der Waals surface area (Å²) in [5.41, 5.74) is 1.86. The number of benzene rings is 3. The average molecular weight is 511 g/mol. The Morgan fingerprint density at radius 1 is 0.939 bits per heavy atom. The maximum atomic E-state index is 13.4. The Morgan fingerprint density at radius 2 is 1.61 bits per heavy atom. The molecular weight excluding hydrogens is 484 g/mol. The number of rotatable bonds is 10. The number of hydrogen-bond acceptors (Lipinski definition) is 4. The van der Waals surface area contributed by atoms with Gasteiger partial charge in [0.1, 0.15) is 6.04 Å². The molecule has 0 aromatic heterocycles. The molecule has 0 fully saturated rings. The van der Waals surface area contributed by atoms with Crippen molar-refractivity contribution in [3.63, 3.8) is 0 Å². The van der Waals surface area contributed by atoms with Gasteiger partial charge in [-0.15, -0.1) is 0 Å². The number of nitrogens with one attached hydrogen (secondary N) is 1. The van der Waals surface area contributed by atoms with Crippen LogP contribution in [0.1, 0.15) is 11.1 Å². The highest BCUT2D eigenvalue weighted by Gasteiger charge is 2.30. The number of methoxy groups -OCH3 is 1. The SMILES string of the molecule is CNC(=O)[C@@H](Cc1ccccc1)N(Cc1cccc(Br)c1)C(=O)COc1ccccc1OC. The third-order valence-corrected chi connectivity index (χ3v) is 5.67. The smallest absolute Gasteiger partial charge is 0.261 e. The van der Waals surface area contributed by atoms with E-state index >= 15 is 0 Å². The van der Waals surface area contributed by atoms with Gasteiger partial charge in [0, 0.05) is 24.5 Å². The van der Waals surface area contributed by atoms with Gasteiger partial charge in [-0.3, -0.25) is 9.59 Å². The van der Waals surface area contributed by atoms with Gasteiger partial charge >= 0.3 is 0 Å². The average Bonchev–Trinajstić information content (AvgIpc) is 2.85. The monoisotopic (exact) mass is 510 g/mol. The van der Waals surface area contributed by atoms with Crippen molar-refractivity contribution in [2.24, 2.45) is 0 Å². The Morgan fingerprint density at radius 3 is 2.27 bits per heavy atom. The Balaban J connectivity index is 1.88. The van der Waals surface area contributed by atoms with E-state index in [1.165, 1.54) is 0 Å². The summed E-state index contributed by atoms with van der Waals surface area (Å²) in [5, 5.41) is 2.71. The van der Waals surface area contributed by atoms with Crippen LogP contribution in [0.25, 0.3) is 0 Å². The largest absolute Gasteiger partial charge is 0.493 e. The van der Waals surface area contributed by atoms with E-state index in [0.717, 1.165) is 15.6 Å². The van der Waals surface area contributed by atoms with Crippen LogP contribution < -0.4 is 14.8 Å². The molecule has 0 unspecified atom stereocenters. The standard InChI is InChI=1S/C26H27BrN2O4/c1-28-26(31)22(16-19-9-4-3-5-10-19)29(17-20-11-8-12-21(27)15-20)25(30)18-33-24-14-7-6-13-23(24)32-2/h3-15,22H,16-18H2,1-2H3,(H,28,31)/t22-/m1/s1. The number of carbonyl (C=O) groups excluding carboxylic acids is 2. The minimum atomic E-state index is -0.704. The number of carbonyl (C=O) groups is 2. The molecule has 3 rings (SSSR count). The van der Waals surface area contributed by atoms with Crippen LogP contribution in [-0.2, 0) is 22.6 Å². The predicted octanol–water partition coefficient (Wildman–Crippen LogP) is 4.22. The van der Waals surface area contributed by atoms with Gasteiger partial charge in [-0.05, 0) is 35.4 Å². The summed E-state index contributed by atoms with van der Waals surface area (Å²) in [6.45, 7) is 0.0368. The van der Waals surface area contributed by atoms with Crippen molar-refractivity contribution in [3.8, 4) is 11.5 Å². The molecule has 0 saturated heterocycles. The van der Waals surface area contributed by atoms with Gasteiger partial charge in [0.25, 0.3) is 5.91 Å². The Hall–Kier alpha value is -3.32. The highest BCUT2D eigenvalue weighted by atomic mass is 79.9. The topological polar surface area (TPSA) is 67.9 Å². The molecule has 0 spiro atoms. The van der Waals surface area contributed by atoms with E-state index in [4.69, 9.17) is 9.47 Å². The molecular formula is C26H27BrN2O4. The number of hydrogen-bond donors (Lipinski definition) is 1. The van der Waals surface area contributed by atoms with E-state index in [9.17, 15) is 9.59 Å². The van der Waals surface area contributed by atoms with E-state index in [1.54, 1.807) is 31.2 Å². The highest BCUT2D eigenvalue weighted by Crippen LogP contribution is 2.26. The molecule has 33 heavy (non-hydrogen) atoms. The molecule has 172 valence electrons. The first-order valence-corrected chi connectivity index (χ1v) is 11.4. The fourth-order valence-electron chi connectivity index (χ4n) is 3.51. The number of ether oxygens (including phenoxy) is 2. The van der Waals surface area contributed by atoms with Gasteiger partial charge in [-0.1, -0.05) is 70.5 Å². The zero-order chi connectivity index (χ0) is 23.6. The highest BCUT2D eigenvalue weighted by molar-refractivity contribution is 9.10. The molecule has 3 aromatic rings. The molecule has 0 aliphatic carbocycles. The number of halogens is 1. The summed E-state index contributed by atoms with van der Waals surface area (Å²) < 4.78 is 12.0. The molecule has 1 N–H and O–H groups in total. The van der Waals surface area contributed by atoms with Crippen molar-refractivity contribution in [1.82, 2.24) is 10.2 Å². The molecule has 0 aliphatic heterocycles. The Kier molecular flexibility index (Phi) is 8.89. The fraction of sp³-hybridized carbons (Fsp3) is 0.231. The number of nitrogens with zero attached hydrogens (tertiary/aromatic N) is 1. The normalized spacial score (nSPS) is 11.4. The van der Waals surface area contributed by atoms with Crippen molar-refractivity contribution >= 4 is 27.7 Å². The van der Waals surface area contributed by atoms with Crippen LogP contribution in [0, 0.1) is 0 Å². The van der Waals surface area contributed by atoms with Crippen LogP contribution in [0.15, 0.2) is 83.3 Å². The Bertz CT molecular complexity index is 1070. The van der Waals surface area contributed by atoms with E-state index < -0.39 is 6.04 Å². The van der Waals surface area contributed by atoms with E-state index in [2.05, 4.69) is 21.2 Å². The number of amides is 2. The van der Waals surface area contributed by atoms with Crippen LogP contribution in [-0.4, -0.2) is 43.5 Å². The zero-order valence-corrected chi connectivity index (χ0v) is 20.2. The molecule has 7 heteroatoms. The fourth-order valence-corrected chi connectivity index (χ4v) is 3.96. The maximum absolute atomic E-state index is 13.4. The molecule has 2 amide bonds. The van der Waals surface area contributed by atoms with E-state index in [-0.39, 0.29) is 25.0 Å². The molecule has 0 saturated carbocycles. The van der Waals surface area contributed by atoms with Crippen molar-refractivity contribution in [3.05, 3.63) is 94.5 Å². The molecule has 0 radical (unpaired) electrons. The second-order valence-corrected chi connectivity index (χ2v) is 8.33. The molecule has 0 bridgehead atoms. The third-order valence-electron chi connectivity index (χ3n) is 5.18. The minimum absolute atomic E-state index is 0.226. The van der Waals surface area contributed by atoms with Gasteiger partial charge in [0.2, 0.25) is 5.91 Å². The van der Waals surface area contributed by atoms with Crippen LogP contribution in [0.5, 0.6) is 11.5 Å². The molecule has 0 heterocycles. The van der Waals surface area contributed by atoms with Crippen molar-refractivity contribution in [1.29, 1.82) is 0 Å². The minimum Gasteiger partial charge on any atom is -0.493 e.